The first-order valence-electron chi connectivity index (χ1n) is 4.39. The molecule has 0 bridgehead atoms. The van der Waals surface area contributed by atoms with Gasteiger partial charge in [0, 0.05) is 37.5 Å². The average Bonchev–Trinajstić information content (AvgIpc) is 2.19. The molecule has 0 N–H and O–H groups in total. The molecule has 0 aliphatic carbocycles. The topological polar surface area (TPSA) is 41.9 Å². The van der Waals surface area contributed by atoms with Crippen LogP contribution in [0.1, 0.15) is 6.42 Å². The number of rotatable bonds is 5. The summed E-state index contributed by atoms with van der Waals surface area (Å²) in [6, 6.07) is 0. The summed E-state index contributed by atoms with van der Waals surface area (Å²) in [5, 5.41) is 0. The van der Waals surface area contributed by atoms with Gasteiger partial charge in [0.2, 0.25) is 0 Å². The predicted molar refractivity (Wildman–Crippen MR) is 59.7 cm³/mol. The molecule has 14 heavy (non-hydrogen) atoms. The van der Waals surface area contributed by atoms with Crippen LogP contribution in [0.4, 0.5) is 0 Å². The summed E-state index contributed by atoms with van der Waals surface area (Å²) in [5.41, 5.74) is 0. The zero-order valence-electron chi connectivity index (χ0n) is 7.73. The Morgan fingerprint density at radius 1 is 1.43 bits per heavy atom. The molecule has 82 valence electrons. The SMILES string of the molecule is O=P1(N(CCCl)CCCl)N=CCCO1. The Balaban J connectivity index is 2.68. The summed E-state index contributed by atoms with van der Waals surface area (Å²) in [7, 11) is -3.02. The highest BCUT2D eigenvalue weighted by molar-refractivity contribution is 7.55. The van der Waals surface area contributed by atoms with Crippen LogP contribution in [-0.2, 0) is 9.09 Å². The molecule has 1 unspecified atom stereocenters. The second-order valence-corrected chi connectivity index (χ2v) is 5.53. The first-order valence-corrected chi connectivity index (χ1v) is 6.99. The third kappa shape index (κ3) is 3.21. The maximum atomic E-state index is 12.1. The fraction of sp³-hybridized carbons (Fsp3) is 0.857. The molecular formula is C7H13Cl2N2O2P. The van der Waals surface area contributed by atoms with E-state index >= 15 is 0 Å². The van der Waals surface area contributed by atoms with Crippen molar-refractivity contribution in [2.45, 2.75) is 6.42 Å². The second-order valence-electron chi connectivity index (χ2n) is 2.74. The zero-order chi connectivity index (χ0) is 10.4. The monoisotopic (exact) mass is 258 g/mol. The average molecular weight is 259 g/mol. The molecule has 0 spiro atoms. The van der Waals surface area contributed by atoms with Crippen molar-refractivity contribution >= 4 is 37.1 Å². The molecule has 4 nitrogen and oxygen atoms in total. The van der Waals surface area contributed by atoms with Crippen LogP contribution in [0.3, 0.4) is 0 Å². The van der Waals surface area contributed by atoms with Crippen LogP contribution in [0.25, 0.3) is 0 Å². The van der Waals surface area contributed by atoms with Crippen LogP contribution in [0, 0.1) is 0 Å². The zero-order valence-corrected chi connectivity index (χ0v) is 10.1. The minimum Gasteiger partial charge on any atom is -0.300 e. The van der Waals surface area contributed by atoms with Crippen LogP contribution in [-0.4, -0.2) is 42.3 Å². The van der Waals surface area contributed by atoms with Gasteiger partial charge in [0.1, 0.15) is 0 Å². The fourth-order valence-corrected chi connectivity index (χ4v) is 3.52. The first kappa shape index (κ1) is 12.5. The van der Waals surface area contributed by atoms with E-state index in [4.69, 9.17) is 27.7 Å². The Morgan fingerprint density at radius 3 is 2.50 bits per heavy atom. The molecule has 1 atom stereocenters. The van der Waals surface area contributed by atoms with Gasteiger partial charge in [0.15, 0.2) is 0 Å². The highest BCUT2D eigenvalue weighted by Crippen LogP contribution is 2.53. The molecule has 7 heteroatoms. The van der Waals surface area contributed by atoms with Gasteiger partial charge in [0.05, 0.1) is 6.61 Å². The smallest absolute Gasteiger partial charge is 0.300 e. The first-order chi connectivity index (χ1) is 6.73. The van der Waals surface area contributed by atoms with E-state index in [0.717, 1.165) is 0 Å². The minimum atomic E-state index is -3.02. The lowest BCUT2D eigenvalue weighted by Gasteiger charge is -2.28. The number of hydrogen-bond donors (Lipinski definition) is 0. The van der Waals surface area contributed by atoms with E-state index in [0.29, 0.717) is 37.9 Å². The van der Waals surface area contributed by atoms with E-state index in [1.807, 2.05) is 0 Å². The lowest BCUT2D eigenvalue weighted by atomic mass is 10.5. The van der Waals surface area contributed by atoms with Crippen molar-refractivity contribution in [3.63, 3.8) is 0 Å². The van der Waals surface area contributed by atoms with Crippen LogP contribution in [0.2, 0.25) is 0 Å². The normalized spacial score (nSPS) is 27.1. The van der Waals surface area contributed by atoms with Gasteiger partial charge in [-0.1, -0.05) is 0 Å². The minimum absolute atomic E-state index is 0.389. The lowest BCUT2D eigenvalue weighted by molar-refractivity contribution is 0.269. The Morgan fingerprint density at radius 2 is 2.07 bits per heavy atom. The van der Waals surface area contributed by atoms with Gasteiger partial charge in [-0.25, -0.2) is 14.0 Å². The summed E-state index contributed by atoms with van der Waals surface area (Å²) in [6.07, 6.45) is 2.35. The highest BCUT2D eigenvalue weighted by Gasteiger charge is 2.31. The summed E-state index contributed by atoms with van der Waals surface area (Å²) in [5.74, 6) is 0.777. The Bertz CT molecular complexity index is 244. The molecule has 0 fully saturated rings. The number of halogens is 2. The molecule has 0 saturated heterocycles. The van der Waals surface area contributed by atoms with Crippen molar-refractivity contribution in [3.8, 4) is 0 Å². The Kier molecular flexibility index (Phi) is 5.42. The van der Waals surface area contributed by atoms with E-state index in [2.05, 4.69) is 4.76 Å². The van der Waals surface area contributed by atoms with Gasteiger partial charge in [-0.3, -0.25) is 0 Å². The summed E-state index contributed by atoms with van der Waals surface area (Å²) in [4.78, 5) is 0. The molecule has 0 aromatic carbocycles. The molecule has 0 aromatic rings. The van der Waals surface area contributed by atoms with Crippen molar-refractivity contribution in [2.24, 2.45) is 4.76 Å². The molecule has 0 radical (unpaired) electrons. The van der Waals surface area contributed by atoms with E-state index in [1.54, 1.807) is 10.9 Å². The summed E-state index contributed by atoms with van der Waals surface area (Å²) >= 11 is 11.2. The molecule has 1 aliphatic heterocycles. The van der Waals surface area contributed by atoms with Crippen molar-refractivity contribution < 1.29 is 9.09 Å². The molecule has 0 aromatic heterocycles. The number of alkyl halides is 2. The molecule has 0 amide bonds. The van der Waals surface area contributed by atoms with E-state index in [9.17, 15) is 4.57 Å². The van der Waals surface area contributed by atoms with Crippen molar-refractivity contribution in [1.29, 1.82) is 0 Å². The van der Waals surface area contributed by atoms with Crippen LogP contribution in [0.15, 0.2) is 4.76 Å². The quantitative estimate of drug-likeness (QED) is 0.562. The molecular weight excluding hydrogens is 246 g/mol. The van der Waals surface area contributed by atoms with Crippen molar-refractivity contribution in [3.05, 3.63) is 0 Å². The standard InChI is InChI=1S/C7H13Cl2N2O2P/c8-2-5-11(6-3-9)14(12)10-4-1-7-13-14/h4H,1-3,5-7H2. The maximum absolute atomic E-state index is 12.1. The second kappa shape index (κ2) is 6.09. The van der Waals surface area contributed by atoms with Crippen molar-refractivity contribution in [1.82, 2.24) is 4.67 Å². The molecule has 1 heterocycles. The van der Waals surface area contributed by atoms with Crippen LogP contribution in [0.5, 0.6) is 0 Å². The summed E-state index contributed by atoms with van der Waals surface area (Å²) < 4.78 is 22.8. The molecule has 1 rings (SSSR count). The molecule has 1 aliphatic rings. The van der Waals surface area contributed by atoms with Gasteiger partial charge >= 0.3 is 7.67 Å². The predicted octanol–water partition coefficient (Wildman–Crippen LogP) is 2.37. The van der Waals surface area contributed by atoms with Gasteiger partial charge < -0.3 is 4.52 Å². The third-order valence-corrected chi connectivity index (χ3v) is 4.20. The highest BCUT2D eigenvalue weighted by atomic mass is 35.5. The number of nitrogens with zero attached hydrogens (tertiary/aromatic N) is 2. The van der Waals surface area contributed by atoms with Gasteiger partial charge in [0.25, 0.3) is 0 Å². The van der Waals surface area contributed by atoms with Crippen molar-refractivity contribution in [2.75, 3.05) is 31.5 Å². The summed E-state index contributed by atoms with van der Waals surface area (Å²) in [6.45, 7) is 1.40. The van der Waals surface area contributed by atoms with Gasteiger partial charge in [-0.15, -0.1) is 23.2 Å². The fourth-order valence-electron chi connectivity index (χ4n) is 1.13. The lowest BCUT2D eigenvalue weighted by Crippen LogP contribution is -2.26. The number of hydrogen-bond acceptors (Lipinski definition) is 2. The van der Waals surface area contributed by atoms with E-state index in [-0.39, 0.29) is 0 Å². The largest absolute Gasteiger partial charge is 0.389 e. The van der Waals surface area contributed by atoms with E-state index in [1.165, 1.54) is 0 Å². The van der Waals surface area contributed by atoms with E-state index < -0.39 is 7.67 Å². The van der Waals surface area contributed by atoms with Crippen LogP contribution >= 0.6 is 30.9 Å². The third-order valence-electron chi connectivity index (χ3n) is 1.78. The Hall–Kier alpha value is 0.400. The van der Waals surface area contributed by atoms with Gasteiger partial charge in [-0.2, -0.15) is 0 Å². The molecule has 0 saturated carbocycles. The van der Waals surface area contributed by atoms with Crippen LogP contribution < -0.4 is 0 Å². The maximum Gasteiger partial charge on any atom is 0.389 e. The Labute approximate surface area is 93.8 Å². The van der Waals surface area contributed by atoms with Gasteiger partial charge in [-0.05, 0) is 0 Å².